The van der Waals surface area contributed by atoms with Crippen LogP contribution in [0.25, 0.3) is 0 Å². The summed E-state index contributed by atoms with van der Waals surface area (Å²) < 4.78 is 45.6. The predicted molar refractivity (Wildman–Crippen MR) is 88.1 cm³/mol. The van der Waals surface area contributed by atoms with Gasteiger partial charge in [-0.15, -0.1) is 0 Å². The Morgan fingerprint density at radius 2 is 2.04 bits per heavy atom. The number of carbonyl (C=O) groups is 2. The van der Waals surface area contributed by atoms with Crippen molar-refractivity contribution in [3.05, 3.63) is 52.1 Å². The first-order valence-corrected chi connectivity index (χ1v) is 8.04. The summed E-state index contributed by atoms with van der Waals surface area (Å²) in [7, 11) is 1.26. The molecule has 1 N–H and O–H groups in total. The van der Waals surface area contributed by atoms with Gasteiger partial charge in [0.15, 0.2) is 0 Å². The lowest BCUT2D eigenvalue weighted by molar-refractivity contribution is 0.0588. The molecule has 2 aromatic rings. The van der Waals surface area contributed by atoms with Crippen molar-refractivity contribution in [2.75, 3.05) is 12.4 Å². The predicted octanol–water partition coefficient (Wildman–Crippen LogP) is 3.86. The van der Waals surface area contributed by atoms with Crippen LogP contribution in [0.5, 0.6) is 0 Å². The molecular weight excluding hydrogens is 349 g/mol. The van der Waals surface area contributed by atoms with Gasteiger partial charge >= 0.3 is 5.97 Å². The molecule has 0 bridgehead atoms. The third-order valence-corrected chi connectivity index (χ3v) is 4.50. The van der Waals surface area contributed by atoms with Crippen LogP contribution in [0, 0.1) is 12.7 Å². The quantitative estimate of drug-likeness (QED) is 0.836. The second kappa shape index (κ2) is 6.86. The van der Waals surface area contributed by atoms with E-state index in [2.05, 4.69) is 5.32 Å². The molecule has 0 radical (unpaired) electrons. The van der Waals surface area contributed by atoms with E-state index in [1.807, 2.05) is 0 Å². The van der Waals surface area contributed by atoms with E-state index >= 15 is 0 Å². The Hall–Kier alpha value is -2.77. The van der Waals surface area contributed by atoms with Crippen LogP contribution in [0.15, 0.2) is 18.2 Å². The van der Waals surface area contributed by atoms with Crippen LogP contribution in [0.2, 0.25) is 0 Å². The van der Waals surface area contributed by atoms with Gasteiger partial charge in [0.05, 0.1) is 18.2 Å². The normalized spacial score (nSPS) is 13.0. The van der Waals surface area contributed by atoms with Gasteiger partial charge in [-0.2, -0.15) is 0 Å². The molecule has 1 aromatic carbocycles. The smallest absolute Gasteiger partial charge is 0.354 e. The van der Waals surface area contributed by atoms with Crippen LogP contribution in [0.4, 0.5) is 18.9 Å². The number of rotatable bonds is 4. The van der Waals surface area contributed by atoms with E-state index in [1.165, 1.54) is 13.2 Å². The molecule has 0 spiro atoms. The van der Waals surface area contributed by atoms with Gasteiger partial charge in [0, 0.05) is 17.9 Å². The fourth-order valence-corrected chi connectivity index (χ4v) is 3.36. The first-order chi connectivity index (χ1) is 12.3. The van der Waals surface area contributed by atoms with E-state index < -0.39 is 29.7 Å². The van der Waals surface area contributed by atoms with Gasteiger partial charge in [0.1, 0.15) is 11.5 Å². The Bertz CT molecular complexity index is 890. The van der Waals surface area contributed by atoms with Crippen LogP contribution in [0.1, 0.15) is 50.5 Å². The number of ether oxygens (including phenoxy) is 1. The highest BCUT2D eigenvalue weighted by atomic mass is 19.3. The number of nitrogens with one attached hydrogen (secondary N) is 1. The minimum Gasteiger partial charge on any atom is -0.464 e. The highest BCUT2D eigenvalue weighted by Crippen LogP contribution is 2.31. The number of methoxy groups -OCH3 is 1. The number of halogens is 3. The summed E-state index contributed by atoms with van der Waals surface area (Å²) in [5.74, 6) is -2.10. The Morgan fingerprint density at radius 3 is 2.69 bits per heavy atom. The second-order valence-corrected chi connectivity index (χ2v) is 6.03. The molecule has 0 saturated heterocycles. The molecule has 1 amide bonds. The van der Waals surface area contributed by atoms with Gasteiger partial charge in [-0.25, -0.2) is 18.0 Å². The van der Waals surface area contributed by atoms with E-state index in [0.29, 0.717) is 35.5 Å². The lowest BCUT2D eigenvalue weighted by Crippen LogP contribution is -2.15. The molecule has 0 saturated carbocycles. The van der Waals surface area contributed by atoms with Crippen LogP contribution in [-0.2, 0) is 17.7 Å². The van der Waals surface area contributed by atoms with Crippen molar-refractivity contribution in [1.29, 1.82) is 0 Å². The van der Waals surface area contributed by atoms with Gasteiger partial charge in [-0.05, 0) is 43.5 Å². The number of hydrogen-bond acceptors (Lipinski definition) is 3. The third kappa shape index (κ3) is 2.95. The van der Waals surface area contributed by atoms with Crippen LogP contribution < -0.4 is 5.32 Å². The first kappa shape index (κ1) is 18.0. The average molecular weight is 366 g/mol. The fourth-order valence-electron chi connectivity index (χ4n) is 3.36. The van der Waals surface area contributed by atoms with Gasteiger partial charge in [-0.1, -0.05) is 0 Å². The minimum atomic E-state index is -2.99. The molecule has 0 fully saturated rings. The molecule has 2 heterocycles. The standard InChI is InChI=1S/C18H17F3N2O3/c1-9-14(13-4-3-7-23(13)15(9)18(25)26-2)17(24)22-10-5-6-12(19)11(8-10)16(20)21/h5-6,8,16H,3-4,7H2,1-2H3,(H,22,24). The fraction of sp³-hybridized carbons (Fsp3) is 0.333. The summed E-state index contributed by atoms with van der Waals surface area (Å²) >= 11 is 0. The zero-order valence-electron chi connectivity index (χ0n) is 14.2. The lowest BCUT2D eigenvalue weighted by atomic mass is 10.1. The topological polar surface area (TPSA) is 60.3 Å². The largest absolute Gasteiger partial charge is 0.464 e. The molecule has 26 heavy (non-hydrogen) atoms. The summed E-state index contributed by atoms with van der Waals surface area (Å²) in [6.45, 7) is 2.24. The molecule has 3 rings (SSSR count). The van der Waals surface area contributed by atoms with E-state index in [4.69, 9.17) is 4.74 Å². The molecule has 1 aliphatic heterocycles. The van der Waals surface area contributed by atoms with E-state index in [0.717, 1.165) is 18.6 Å². The number of aromatic nitrogens is 1. The summed E-state index contributed by atoms with van der Waals surface area (Å²) in [4.78, 5) is 24.8. The molecule has 1 aromatic heterocycles. The number of carbonyl (C=O) groups excluding carboxylic acids is 2. The zero-order valence-corrected chi connectivity index (χ0v) is 14.2. The average Bonchev–Trinajstić information content (AvgIpc) is 3.15. The molecule has 0 aliphatic carbocycles. The van der Waals surface area contributed by atoms with E-state index in [-0.39, 0.29) is 5.69 Å². The highest BCUT2D eigenvalue weighted by molar-refractivity contribution is 6.08. The number of alkyl halides is 2. The second-order valence-electron chi connectivity index (χ2n) is 6.03. The van der Waals surface area contributed by atoms with Crippen LogP contribution in [-0.4, -0.2) is 23.6 Å². The Morgan fingerprint density at radius 1 is 1.31 bits per heavy atom. The summed E-state index contributed by atoms with van der Waals surface area (Å²) in [6, 6.07) is 3.00. The summed E-state index contributed by atoms with van der Waals surface area (Å²) in [5, 5.41) is 2.52. The Labute approximate surface area is 147 Å². The first-order valence-electron chi connectivity index (χ1n) is 8.04. The molecule has 1 aliphatic rings. The summed E-state index contributed by atoms with van der Waals surface area (Å²) in [6.07, 6.45) is -1.59. The van der Waals surface area contributed by atoms with Crippen molar-refractivity contribution in [2.24, 2.45) is 0 Å². The van der Waals surface area contributed by atoms with Crippen molar-refractivity contribution >= 4 is 17.6 Å². The van der Waals surface area contributed by atoms with Crippen molar-refractivity contribution in [2.45, 2.75) is 32.7 Å². The van der Waals surface area contributed by atoms with Crippen LogP contribution >= 0.6 is 0 Å². The van der Waals surface area contributed by atoms with Crippen molar-refractivity contribution in [3.63, 3.8) is 0 Å². The van der Waals surface area contributed by atoms with E-state index in [1.54, 1.807) is 11.5 Å². The number of esters is 1. The van der Waals surface area contributed by atoms with Gasteiger partial charge in [-0.3, -0.25) is 4.79 Å². The third-order valence-electron chi connectivity index (χ3n) is 4.50. The maximum atomic E-state index is 13.4. The zero-order chi connectivity index (χ0) is 19.0. The van der Waals surface area contributed by atoms with Crippen LogP contribution in [0.3, 0.4) is 0 Å². The Balaban J connectivity index is 1.97. The van der Waals surface area contributed by atoms with Gasteiger partial charge in [0.25, 0.3) is 12.3 Å². The maximum absolute atomic E-state index is 13.4. The molecular formula is C18H17F3N2O3. The van der Waals surface area contributed by atoms with Gasteiger partial charge in [0.2, 0.25) is 0 Å². The molecule has 0 unspecified atom stereocenters. The van der Waals surface area contributed by atoms with E-state index in [9.17, 15) is 22.8 Å². The number of amides is 1. The van der Waals surface area contributed by atoms with Gasteiger partial charge < -0.3 is 14.6 Å². The van der Waals surface area contributed by atoms with Crippen molar-refractivity contribution in [3.8, 4) is 0 Å². The highest BCUT2D eigenvalue weighted by Gasteiger charge is 2.31. The molecule has 5 nitrogen and oxygen atoms in total. The lowest BCUT2D eigenvalue weighted by Gasteiger charge is -2.09. The number of benzene rings is 1. The summed E-state index contributed by atoms with van der Waals surface area (Å²) in [5.41, 5.74) is 1.10. The number of anilines is 1. The SMILES string of the molecule is COC(=O)c1c(C)c(C(=O)Nc2ccc(F)c(C(F)F)c2)c2n1CCC2. The monoisotopic (exact) mass is 366 g/mol. The number of fused-ring (bicyclic) bond motifs is 1. The molecule has 0 atom stereocenters. The minimum absolute atomic E-state index is 0.0589. The Kier molecular flexibility index (Phi) is 4.76. The molecule has 8 heteroatoms. The van der Waals surface area contributed by atoms with Crippen molar-refractivity contribution in [1.82, 2.24) is 4.57 Å². The van der Waals surface area contributed by atoms with Crippen molar-refractivity contribution < 1.29 is 27.5 Å². The molecule has 138 valence electrons. The number of nitrogens with zero attached hydrogens (tertiary/aromatic N) is 1. The number of hydrogen-bond donors (Lipinski definition) is 1. The maximum Gasteiger partial charge on any atom is 0.354 e.